The van der Waals surface area contributed by atoms with Crippen LogP contribution in [0.5, 0.6) is 0 Å². The van der Waals surface area contributed by atoms with Gasteiger partial charge in [0.05, 0.1) is 16.3 Å². The fourth-order valence-electron chi connectivity index (χ4n) is 2.91. The third-order valence-electron chi connectivity index (χ3n) is 4.33. The van der Waals surface area contributed by atoms with Crippen LogP contribution in [0.2, 0.25) is 0 Å². The van der Waals surface area contributed by atoms with E-state index in [1.54, 1.807) is 24.3 Å². The Kier molecular flexibility index (Phi) is 5.62. The van der Waals surface area contributed by atoms with Crippen molar-refractivity contribution in [3.63, 3.8) is 0 Å². The molecule has 0 fully saturated rings. The molecule has 146 valence electrons. The van der Waals surface area contributed by atoms with Crippen LogP contribution in [-0.2, 0) is 16.4 Å². The van der Waals surface area contributed by atoms with Crippen LogP contribution in [0.3, 0.4) is 0 Å². The minimum atomic E-state index is -3.69. The van der Waals surface area contributed by atoms with E-state index in [9.17, 15) is 13.2 Å². The zero-order valence-corrected chi connectivity index (χ0v) is 16.5. The number of nitrogens with two attached hydrogens (primary N) is 1. The topological polar surface area (TPSA) is 107 Å². The summed E-state index contributed by atoms with van der Waals surface area (Å²) in [6.07, 6.45) is 0.584. The maximum Gasteiger partial charge on any atom is 0.251 e. The van der Waals surface area contributed by atoms with Gasteiger partial charge in [-0.3, -0.25) is 4.79 Å². The molecule has 0 aliphatic heterocycles. The second-order valence-electron chi connectivity index (χ2n) is 6.58. The normalized spacial score (nSPS) is 11.4. The Balaban J connectivity index is 1.57. The largest absolute Gasteiger partial charge is 0.352 e. The highest BCUT2D eigenvalue weighted by atomic mass is 32.2. The van der Waals surface area contributed by atoms with E-state index in [0.717, 1.165) is 22.6 Å². The van der Waals surface area contributed by atoms with Gasteiger partial charge in [0.1, 0.15) is 0 Å². The predicted molar refractivity (Wildman–Crippen MR) is 107 cm³/mol. The van der Waals surface area contributed by atoms with Crippen molar-refractivity contribution in [1.82, 2.24) is 15.1 Å². The van der Waals surface area contributed by atoms with E-state index >= 15 is 0 Å². The molecular formula is C20H22N4O3S. The van der Waals surface area contributed by atoms with Crippen LogP contribution in [0.25, 0.3) is 5.69 Å². The van der Waals surface area contributed by atoms with Crippen molar-refractivity contribution in [1.29, 1.82) is 0 Å². The van der Waals surface area contributed by atoms with Crippen LogP contribution in [0.15, 0.2) is 59.5 Å². The van der Waals surface area contributed by atoms with E-state index in [-0.39, 0.29) is 10.8 Å². The van der Waals surface area contributed by atoms with Gasteiger partial charge in [-0.15, -0.1) is 0 Å². The van der Waals surface area contributed by atoms with E-state index < -0.39 is 10.0 Å². The fraction of sp³-hybridized carbons (Fsp3) is 0.200. The van der Waals surface area contributed by atoms with Crippen molar-refractivity contribution in [2.24, 2.45) is 5.14 Å². The Bertz CT molecular complexity index is 1090. The van der Waals surface area contributed by atoms with Crippen molar-refractivity contribution in [3.8, 4) is 5.69 Å². The Morgan fingerprint density at radius 1 is 1.07 bits per heavy atom. The van der Waals surface area contributed by atoms with Crippen LogP contribution in [0.4, 0.5) is 0 Å². The monoisotopic (exact) mass is 398 g/mol. The summed E-state index contributed by atoms with van der Waals surface area (Å²) in [5, 5.41) is 12.4. The van der Waals surface area contributed by atoms with Gasteiger partial charge in [-0.05, 0) is 68.3 Å². The third kappa shape index (κ3) is 4.65. The van der Waals surface area contributed by atoms with Gasteiger partial charge in [0.25, 0.3) is 5.91 Å². The number of primary sulfonamides is 1. The number of amides is 1. The minimum absolute atomic E-state index is 0.0722. The summed E-state index contributed by atoms with van der Waals surface area (Å²) in [4.78, 5) is 12.4. The first-order chi connectivity index (χ1) is 13.2. The molecule has 7 nitrogen and oxygen atoms in total. The van der Waals surface area contributed by atoms with E-state index in [4.69, 9.17) is 5.14 Å². The van der Waals surface area contributed by atoms with Gasteiger partial charge in [0, 0.05) is 17.8 Å². The Morgan fingerprint density at radius 3 is 2.25 bits per heavy atom. The lowest BCUT2D eigenvalue weighted by Gasteiger charge is -2.08. The average Bonchev–Trinajstić information content (AvgIpc) is 2.99. The lowest BCUT2D eigenvalue weighted by molar-refractivity contribution is 0.0954. The van der Waals surface area contributed by atoms with Crippen LogP contribution in [0, 0.1) is 13.8 Å². The number of aromatic nitrogens is 2. The lowest BCUT2D eigenvalue weighted by atomic mass is 10.1. The highest BCUT2D eigenvalue weighted by Crippen LogP contribution is 2.13. The molecule has 1 aromatic heterocycles. The zero-order chi connectivity index (χ0) is 20.3. The quantitative estimate of drug-likeness (QED) is 0.663. The molecule has 0 unspecified atom stereocenters. The SMILES string of the molecule is Cc1cc(C)n(-c2ccc(C(=O)NCCc3ccc(S(N)(=O)=O)cc3)cc2)n1. The van der Waals surface area contributed by atoms with Gasteiger partial charge in [-0.1, -0.05) is 12.1 Å². The second-order valence-corrected chi connectivity index (χ2v) is 8.14. The Labute approximate surface area is 164 Å². The smallest absolute Gasteiger partial charge is 0.251 e. The zero-order valence-electron chi connectivity index (χ0n) is 15.7. The number of carbonyl (C=O) groups excluding carboxylic acids is 1. The number of aryl methyl sites for hydroxylation is 2. The second kappa shape index (κ2) is 7.95. The van der Waals surface area contributed by atoms with E-state index in [2.05, 4.69) is 10.4 Å². The first-order valence-electron chi connectivity index (χ1n) is 8.78. The molecule has 28 heavy (non-hydrogen) atoms. The molecular weight excluding hydrogens is 376 g/mol. The van der Waals surface area contributed by atoms with Crippen LogP contribution >= 0.6 is 0 Å². The first-order valence-corrected chi connectivity index (χ1v) is 10.3. The third-order valence-corrected chi connectivity index (χ3v) is 5.26. The average molecular weight is 398 g/mol. The molecule has 2 aromatic carbocycles. The maximum absolute atomic E-state index is 12.3. The van der Waals surface area contributed by atoms with Crippen LogP contribution in [-0.4, -0.2) is 30.7 Å². The molecule has 1 amide bonds. The van der Waals surface area contributed by atoms with Crippen LogP contribution < -0.4 is 10.5 Å². The van der Waals surface area contributed by atoms with Gasteiger partial charge in [-0.25, -0.2) is 18.2 Å². The number of sulfonamides is 1. The Hall–Kier alpha value is -2.97. The van der Waals surface area contributed by atoms with Gasteiger partial charge in [0.15, 0.2) is 0 Å². The summed E-state index contributed by atoms with van der Waals surface area (Å²) in [6.45, 7) is 4.36. The van der Waals surface area contributed by atoms with Crippen molar-refractivity contribution in [2.45, 2.75) is 25.2 Å². The van der Waals surface area contributed by atoms with E-state index in [1.165, 1.54) is 12.1 Å². The van der Waals surface area contributed by atoms with E-state index in [1.807, 2.05) is 36.7 Å². The number of hydrogen-bond donors (Lipinski definition) is 2. The summed E-state index contributed by atoms with van der Waals surface area (Å²) in [5.41, 5.74) is 4.35. The molecule has 0 radical (unpaired) electrons. The predicted octanol–water partition coefficient (Wildman–Crippen LogP) is 2.11. The van der Waals surface area contributed by atoms with Gasteiger partial charge >= 0.3 is 0 Å². The first kappa shape index (κ1) is 19.8. The molecule has 0 saturated carbocycles. The van der Waals surface area contributed by atoms with Crippen molar-refractivity contribution >= 4 is 15.9 Å². The van der Waals surface area contributed by atoms with Gasteiger partial charge in [-0.2, -0.15) is 5.10 Å². The number of rotatable bonds is 6. The van der Waals surface area contributed by atoms with Crippen molar-refractivity contribution in [2.75, 3.05) is 6.54 Å². The molecule has 0 aliphatic carbocycles. The number of nitrogens with one attached hydrogen (secondary N) is 1. The fourth-order valence-corrected chi connectivity index (χ4v) is 3.43. The lowest BCUT2D eigenvalue weighted by Crippen LogP contribution is -2.25. The van der Waals surface area contributed by atoms with Crippen molar-refractivity contribution < 1.29 is 13.2 Å². The maximum atomic E-state index is 12.3. The molecule has 0 bridgehead atoms. The number of nitrogens with zero attached hydrogens (tertiary/aromatic N) is 2. The summed E-state index contributed by atoms with van der Waals surface area (Å²) in [6, 6.07) is 15.6. The summed E-state index contributed by atoms with van der Waals surface area (Å²) in [5.74, 6) is -0.166. The molecule has 0 saturated heterocycles. The van der Waals surface area contributed by atoms with Crippen LogP contribution in [0.1, 0.15) is 27.3 Å². The molecule has 0 atom stereocenters. The highest BCUT2D eigenvalue weighted by Gasteiger charge is 2.09. The minimum Gasteiger partial charge on any atom is -0.352 e. The van der Waals surface area contributed by atoms with E-state index in [0.29, 0.717) is 18.5 Å². The summed E-state index contributed by atoms with van der Waals surface area (Å²) >= 11 is 0. The number of hydrogen-bond acceptors (Lipinski definition) is 4. The summed E-state index contributed by atoms with van der Waals surface area (Å²) < 4.78 is 24.3. The standard InChI is InChI=1S/C20H22N4O3S/c1-14-13-15(2)24(23-14)18-7-5-17(6-8-18)20(25)22-12-11-16-3-9-19(10-4-16)28(21,26)27/h3-10,13H,11-12H2,1-2H3,(H,22,25)(H2,21,26,27). The molecule has 0 aliphatic rings. The molecule has 3 aromatic rings. The van der Waals surface area contributed by atoms with Crippen molar-refractivity contribution in [3.05, 3.63) is 77.1 Å². The highest BCUT2D eigenvalue weighted by molar-refractivity contribution is 7.89. The van der Waals surface area contributed by atoms with Gasteiger partial charge in [0.2, 0.25) is 10.0 Å². The molecule has 3 rings (SSSR count). The molecule has 3 N–H and O–H groups in total. The number of carbonyl (C=O) groups is 1. The Morgan fingerprint density at radius 2 is 1.71 bits per heavy atom. The molecule has 1 heterocycles. The van der Waals surface area contributed by atoms with Gasteiger partial charge < -0.3 is 5.32 Å². The molecule has 0 spiro atoms. The molecule has 8 heteroatoms. The number of benzene rings is 2. The summed E-state index contributed by atoms with van der Waals surface area (Å²) in [7, 11) is -3.69.